The minimum atomic E-state index is -0.553. The summed E-state index contributed by atoms with van der Waals surface area (Å²) in [6.07, 6.45) is 4.08. The van der Waals surface area contributed by atoms with Crippen LogP contribution in [0.4, 0.5) is 0 Å². The summed E-state index contributed by atoms with van der Waals surface area (Å²) in [7, 11) is 0. The maximum absolute atomic E-state index is 11.8. The van der Waals surface area contributed by atoms with E-state index in [1.54, 1.807) is 12.1 Å². The molecule has 0 aliphatic rings. The molecule has 0 bridgehead atoms. The molecule has 20 heavy (non-hydrogen) atoms. The second-order valence-electron chi connectivity index (χ2n) is 5.51. The summed E-state index contributed by atoms with van der Waals surface area (Å²) in [5, 5.41) is 0. The fourth-order valence-corrected chi connectivity index (χ4v) is 1.98. The van der Waals surface area contributed by atoms with Crippen LogP contribution < -0.4 is 0 Å². The molecule has 0 aliphatic carbocycles. The van der Waals surface area contributed by atoms with E-state index in [2.05, 4.69) is 20.8 Å². The Morgan fingerprint density at radius 1 is 1.10 bits per heavy atom. The monoisotopic (exact) mass is 276 g/mol. The Kier molecular flexibility index (Phi) is 6.99. The summed E-state index contributed by atoms with van der Waals surface area (Å²) in [5.74, 6) is -0.412. The first-order valence-electron chi connectivity index (χ1n) is 7.37. The SMILES string of the molecule is CCCCCC(=O)OC(=O)c1ccc(CC(C)C)cc1. The maximum Gasteiger partial charge on any atom is 0.345 e. The third-order valence-corrected chi connectivity index (χ3v) is 3.02. The standard InChI is InChI=1S/C17H24O3/c1-4-5-6-7-16(18)20-17(19)15-10-8-14(9-11-15)12-13(2)3/h8-11,13H,4-7,12H2,1-3H3. The molecule has 0 radical (unpaired) electrons. The van der Waals surface area contributed by atoms with E-state index >= 15 is 0 Å². The summed E-state index contributed by atoms with van der Waals surface area (Å²) in [5.41, 5.74) is 1.62. The van der Waals surface area contributed by atoms with Crippen molar-refractivity contribution in [3.63, 3.8) is 0 Å². The summed E-state index contributed by atoms with van der Waals surface area (Å²) in [6.45, 7) is 6.36. The number of esters is 2. The number of hydrogen-bond donors (Lipinski definition) is 0. The lowest BCUT2D eigenvalue weighted by Crippen LogP contribution is -2.12. The zero-order valence-corrected chi connectivity index (χ0v) is 12.6. The molecule has 0 heterocycles. The average molecular weight is 276 g/mol. The highest BCUT2D eigenvalue weighted by Gasteiger charge is 2.12. The van der Waals surface area contributed by atoms with Gasteiger partial charge in [0.15, 0.2) is 0 Å². The molecule has 0 aliphatic heterocycles. The molecule has 0 unspecified atom stereocenters. The molecule has 3 nitrogen and oxygen atoms in total. The highest BCUT2D eigenvalue weighted by atomic mass is 16.6. The zero-order valence-electron chi connectivity index (χ0n) is 12.6. The largest absolute Gasteiger partial charge is 0.389 e. The summed E-state index contributed by atoms with van der Waals surface area (Å²) in [6, 6.07) is 7.27. The molecule has 1 aromatic rings. The van der Waals surface area contributed by atoms with Gasteiger partial charge >= 0.3 is 11.9 Å². The molecule has 1 rings (SSSR count). The fourth-order valence-electron chi connectivity index (χ4n) is 1.98. The number of rotatable bonds is 7. The van der Waals surface area contributed by atoms with Crippen LogP contribution in [-0.2, 0) is 16.0 Å². The molecule has 0 saturated heterocycles. The van der Waals surface area contributed by atoms with Crippen molar-refractivity contribution >= 4 is 11.9 Å². The Morgan fingerprint density at radius 3 is 2.30 bits per heavy atom. The van der Waals surface area contributed by atoms with Crippen molar-refractivity contribution in [1.82, 2.24) is 0 Å². The van der Waals surface area contributed by atoms with Crippen LogP contribution >= 0.6 is 0 Å². The van der Waals surface area contributed by atoms with Crippen LogP contribution in [-0.4, -0.2) is 11.9 Å². The molecule has 0 aromatic heterocycles. The Balaban J connectivity index is 2.49. The third kappa shape index (κ3) is 6.00. The molecule has 0 spiro atoms. The minimum Gasteiger partial charge on any atom is -0.389 e. The van der Waals surface area contributed by atoms with Crippen molar-refractivity contribution in [2.75, 3.05) is 0 Å². The molecule has 0 saturated carbocycles. The summed E-state index contributed by atoms with van der Waals surface area (Å²) in [4.78, 5) is 23.2. The highest BCUT2D eigenvalue weighted by molar-refractivity contribution is 5.96. The van der Waals surface area contributed by atoms with Gasteiger partial charge in [-0.3, -0.25) is 4.79 Å². The number of carbonyl (C=O) groups excluding carboxylic acids is 2. The van der Waals surface area contributed by atoms with E-state index in [1.165, 1.54) is 5.56 Å². The molecule has 0 N–H and O–H groups in total. The quantitative estimate of drug-likeness (QED) is 0.427. The van der Waals surface area contributed by atoms with Crippen LogP contribution in [0, 0.1) is 5.92 Å². The van der Waals surface area contributed by atoms with Crippen molar-refractivity contribution in [2.45, 2.75) is 52.9 Å². The van der Waals surface area contributed by atoms with Crippen LogP contribution in [0.3, 0.4) is 0 Å². The number of unbranched alkanes of at least 4 members (excludes halogenated alkanes) is 2. The summed E-state index contributed by atoms with van der Waals surface area (Å²) < 4.78 is 4.83. The Morgan fingerprint density at radius 2 is 1.75 bits per heavy atom. The normalized spacial score (nSPS) is 10.6. The smallest absolute Gasteiger partial charge is 0.345 e. The number of ether oxygens (including phenoxy) is 1. The van der Waals surface area contributed by atoms with Gasteiger partial charge in [-0.2, -0.15) is 0 Å². The van der Waals surface area contributed by atoms with Crippen molar-refractivity contribution < 1.29 is 14.3 Å². The van der Waals surface area contributed by atoms with Crippen molar-refractivity contribution in [3.8, 4) is 0 Å². The van der Waals surface area contributed by atoms with E-state index in [-0.39, 0.29) is 0 Å². The second-order valence-corrected chi connectivity index (χ2v) is 5.51. The van der Waals surface area contributed by atoms with Gasteiger partial charge in [0.05, 0.1) is 5.56 Å². The van der Waals surface area contributed by atoms with E-state index in [1.807, 2.05) is 12.1 Å². The van der Waals surface area contributed by atoms with Crippen LogP contribution in [0.5, 0.6) is 0 Å². The molecule has 0 atom stereocenters. The highest BCUT2D eigenvalue weighted by Crippen LogP contribution is 2.11. The molecule has 0 fully saturated rings. The zero-order chi connectivity index (χ0) is 15.0. The van der Waals surface area contributed by atoms with Gasteiger partial charge in [0.1, 0.15) is 0 Å². The molecule has 3 heteroatoms. The van der Waals surface area contributed by atoms with E-state index in [4.69, 9.17) is 4.74 Å². The predicted octanol–water partition coefficient (Wildman–Crippen LogP) is 4.15. The number of hydrogen-bond acceptors (Lipinski definition) is 3. The van der Waals surface area contributed by atoms with Crippen LogP contribution in [0.1, 0.15) is 62.4 Å². The van der Waals surface area contributed by atoms with Crippen molar-refractivity contribution in [1.29, 1.82) is 0 Å². The maximum atomic E-state index is 11.8. The number of carbonyl (C=O) groups is 2. The lowest BCUT2D eigenvalue weighted by Gasteiger charge is -2.06. The van der Waals surface area contributed by atoms with Gasteiger partial charge in [-0.15, -0.1) is 0 Å². The number of benzene rings is 1. The lowest BCUT2D eigenvalue weighted by molar-refractivity contribution is -0.138. The Hall–Kier alpha value is -1.64. The van der Waals surface area contributed by atoms with E-state index < -0.39 is 11.9 Å². The van der Waals surface area contributed by atoms with Gasteiger partial charge < -0.3 is 4.74 Å². The Labute approximate surface area is 121 Å². The van der Waals surface area contributed by atoms with Gasteiger partial charge in [-0.05, 0) is 36.5 Å². The molecular formula is C17H24O3. The third-order valence-electron chi connectivity index (χ3n) is 3.02. The first-order valence-corrected chi connectivity index (χ1v) is 7.37. The van der Waals surface area contributed by atoms with Crippen molar-refractivity contribution in [3.05, 3.63) is 35.4 Å². The lowest BCUT2D eigenvalue weighted by atomic mass is 10.0. The topological polar surface area (TPSA) is 43.4 Å². The van der Waals surface area contributed by atoms with Gasteiger partial charge in [0.2, 0.25) is 0 Å². The summed E-state index contributed by atoms with van der Waals surface area (Å²) >= 11 is 0. The predicted molar refractivity (Wildman–Crippen MR) is 79.5 cm³/mol. The first kappa shape index (κ1) is 16.4. The fraction of sp³-hybridized carbons (Fsp3) is 0.529. The molecular weight excluding hydrogens is 252 g/mol. The van der Waals surface area contributed by atoms with Crippen LogP contribution in [0.25, 0.3) is 0 Å². The van der Waals surface area contributed by atoms with Crippen molar-refractivity contribution in [2.24, 2.45) is 5.92 Å². The van der Waals surface area contributed by atoms with E-state index in [9.17, 15) is 9.59 Å². The molecule has 0 amide bonds. The van der Waals surface area contributed by atoms with E-state index in [0.717, 1.165) is 25.7 Å². The van der Waals surface area contributed by atoms with Gasteiger partial charge in [-0.25, -0.2) is 4.79 Å². The van der Waals surface area contributed by atoms with E-state index in [0.29, 0.717) is 17.9 Å². The average Bonchev–Trinajstić information content (AvgIpc) is 2.39. The molecule has 110 valence electrons. The van der Waals surface area contributed by atoms with Gasteiger partial charge in [-0.1, -0.05) is 45.7 Å². The van der Waals surface area contributed by atoms with Gasteiger partial charge in [0.25, 0.3) is 0 Å². The Bertz CT molecular complexity index is 432. The second kappa shape index (κ2) is 8.51. The minimum absolute atomic E-state index is 0.311. The van der Waals surface area contributed by atoms with Crippen LogP contribution in [0.2, 0.25) is 0 Å². The first-order chi connectivity index (χ1) is 9.52. The van der Waals surface area contributed by atoms with Crippen LogP contribution in [0.15, 0.2) is 24.3 Å². The molecule has 1 aromatic carbocycles. The van der Waals surface area contributed by atoms with Gasteiger partial charge in [0, 0.05) is 6.42 Å².